The van der Waals surface area contributed by atoms with Crippen molar-refractivity contribution in [3.63, 3.8) is 0 Å². The van der Waals surface area contributed by atoms with Crippen LogP contribution in [-0.2, 0) is 0 Å². The Balaban J connectivity index is 2.91. The molecule has 0 aliphatic carbocycles. The number of rotatable bonds is 4. The van der Waals surface area contributed by atoms with E-state index in [2.05, 4.69) is 27.0 Å². The van der Waals surface area contributed by atoms with Crippen LogP contribution in [-0.4, -0.2) is 35.8 Å². The summed E-state index contributed by atoms with van der Waals surface area (Å²) in [4.78, 5) is 0. The van der Waals surface area contributed by atoms with E-state index in [-0.39, 0.29) is 0 Å². The van der Waals surface area contributed by atoms with Gasteiger partial charge in [-0.1, -0.05) is 0 Å². The van der Waals surface area contributed by atoms with Crippen molar-refractivity contribution in [3.05, 3.63) is 5.56 Å². The lowest BCUT2D eigenvalue weighted by Gasteiger charge is -2.10. The summed E-state index contributed by atoms with van der Waals surface area (Å²) in [5.74, 6) is 1.19. The quantitative estimate of drug-likeness (QED) is 0.612. The highest BCUT2D eigenvalue weighted by atomic mass is 15.5. The molecule has 0 unspecified atom stereocenters. The molecular formula is C8H14N6. The minimum Gasteiger partial charge on any atom is -0.368 e. The maximum atomic E-state index is 8.92. The fraction of sp³-hybridized carbons (Fsp3) is 0.500. The predicted molar refractivity (Wildman–Crippen MR) is 54.8 cm³/mol. The third-order valence-corrected chi connectivity index (χ3v) is 1.56. The molecule has 0 spiro atoms. The van der Waals surface area contributed by atoms with E-state index < -0.39 is 0 Å². The molecule has 0 aliphatic heterocycles. The number of nitrogens with one attached hydrogen (secondary N) is 3. The molecule has 0 fully saturated rings. The molecule has 6 heteroatoms. The SMILES string of the molecule is CCNc1n[nH]c(NN(C)C)c1C#N. The van der Waals surface area contributed by atoms with E-state index >= 15 is 0 Å². The summed E-state index contributed by atoms with van der Waals surface area (Å²) >= 11 is 0. The van der Waals surface area contributed by atoms with Crippen LogP contribution in [0.4, 0.5) is 11.6 Å². The second-order valence-corrected chi connectivity index (χ2v) is 2.97. The van der Waals surface area contributed by atoms with Crippen LogP contribution in [0.5, 0.6) is 0 Å². The minimum absolute atomic E-state index is 0.501. The lowest BCUT2D eigenvalue weighted by atomic mass is 10.3. The maximum absolute atomic E-state index is 8.92. The topological polar surface area (TPSA) is 79.8 Å². The molecule has 0 radical (unpaired) electrons. The zero-order valence-electron chi connectivity index (χ0n) is 8.55. The molecule has 0 amide bonds. The van der Waals surface area contributed by atoms with E-state index in [1.807, 2.05) is 21.0 Å². The van der Waals surface area contributed by atoms with E-state index in [0.29, 0.717) is 17.2 Å². The fourth-order valence-electron chi connectivity index (χ4n) is 1.05. The van der Waals surface area contributed by atoms with Crippen LogP contribution in [0.1, 0.15) is 12.5 Å². The van der Waals surface area contributed by atoms with Gasteiger partial charge in [0.2, 0.25) is 0 Å². The van der Waals surface area contributed by atoms with Gasteiger partial charge < -0.3 is 10.7 Å². The Labute approximate surface area is 82.9 Å². The van der Waals surface area contributed by atoms with Crippen LogP contribution in [0, 0.1) is 11.3 Å². The number of nitriles is 1. The van der Waals surface area contributed by atoms with Crippen LogP contribution in [0.3, 0.4) is 0 Å². The van der Waals surface area contributed by atoms with Crippen LogP contribution >= 0.6 is 0 Å². The average Bonchev–Trinajstić information content (AvgIpc) is 2.47. The van der Waals surface area contributed by atoms with Gasteiger partial charge in [0.15, 0.2) is 11.6 Å². The van der Waals surface area contributed by atoms with Crippen molar-refractivity contribution in [2.24, 2.45) is 0 Å². The minimum atomic E-state index is 0.501. The maximum Gasteiger partial charge on any atom is 0.168 e. The average molecular weight is 194 g/mol. The van der Waals surface area contributed by atoms with E-state index in [4.69, 9.17) is 5.26 Å². The number of nitrogens with zero attached hydrogens (tertiary/aromatic N) is 3. The molecule has 1 rings (SSSR count). The fourth-order valence-corrected chi connectivity index (χ4v) is 1.05. The smallest absolute Gasteiger partial charge is 0.168 e. The van der Waals surface area contributed by atoms with E-state index in [0.717, 1.165) is 6.54 Å². The number of hydrogen-bond acceptors (Lipinski definition) is 5. The number of aromatic nitrogens is 2. The van der Waals surface area contributed by atoms with Gasteiger partial charge in [0.1, 0.15) is 11.6 Å². The van der Waals surface area contributed by atoms with Gasteiger partial charge >= 0.3 is 0 Å². The first-order valence-electron chi connectivity index (χ1n) is 4.35. The lowest BCUT2D eigenvalue weighted by Crippen LogP contribution is -2.20. The van der Waals surface area contributed by atoms with E-state index in [1.165, 1.54) is 0 Å². The molecule has 0 aliphatic rings. The summed E-state index contributed by atoms with van der Waals surface area (Å²) in [6, 6.07) is 2.09. The molecule has 1 aromatic rings. The summed E-state index contributed by atoms with van der Waals surface area (Å²) in [6.45, 7) is 2.69. The summed E-state index contributed by atoms with van der Waals surface area (Å²) in [7, 11) is 3.68. The molecule has 0 saturated heterocycles. The zero-order valence-corrected chi connectivity index (χ0v) is 8.55. The summed E-state index contributed by atoms with van der Waals surface area (Å²) in [5, 5.41) is 20.4. The van der Waals surface area contributed by atoms with E-state index in [9.17, 15) is 0 Å². The molecule has 76 valence electrons. The van der Waals surface area contributed by atoms with Gasteiger partial charge in [-0.05, 0) is 6.92 Å². The molecule has 0 atom stereocenters. The Morgan fingerprint density at radius 3 is 2.79 bits per heavy atom. The standard InChI is InChI=1S/C8H14N6/c1-4-10-7-6(5-9)8(12-11-7)13-14(2)3/h4H2,1-3H3,(H3,10,11,12,13). The Hall–Kier alpha value is -1.74. The Morgan fingerprint density at radius 2 is 2.29 bits per heavy atom. The molecule has 6 nitrogen and oxygen atoms in total. The summed E-state index contributed by atoms with van der Waals surface area (Å²) in [5.41, 5.74) is 3.46. The van der Waals surface area contributed by atoms with Crippen LogP contribution < -0.4 is 10.7 Å². The van der Waals surface area contributed by atoms with Crippen molar-refractivity contribution in [1.82, 2.24) is 15.2 Å². The highest BCUT2D eigenvalue weighted by Crippen LogP contribution is 2.19. The Kier molecular flexibility index (Phi) is 3.31. The van der Waals surface area contributed by atoms with Gasteiger partial charge in [-0.3, -0.25) is 5.10 Å². The van der Waals surface area contributed by atoms with Gasteiger partial charge in [0.25, 0.3) is 0 Å². The third kappa shape index (κ3) is 2.14. The van der Waals surface area contributed by atoms with E-state index in [1.54, 1.807) is 5.01 Å². The monoisotopic (exact) mass is 194 g/mol. The number of hydrogen-bond donors (Lipinski definition) is 3. The molecule has 0 bridgehead atoms. The van der Waals surface area contributed by atoms with Crippen molar-refractivity contribution < 1.29 is 0 Å². The number of anilines is 2. The van der Waals surface area contributed by atoms with Gasteiger partial charge in [0, 0.05) is 20.6 Å². The number of H-pyrrole nitrogens is 1. The predicted octanol–water partition coefficient (Wildman–Crippen LogP) is 0.602. The first kappa shape index (κ1) is 10.3. The number of hydrazine groups is 1. The van der Waals surface area contributed by atoms with Crippen LogP contribution in [0.15, 0.2) is 0 Å². The molecule has 0 aromatic carbocycles. The third-order valence-electron chi connectivity index (χ3n) is 1.56. The molecule has 14 heavy (non-hydrogen) atoms. The molecular weight excluding hydrogens is 180 g/mol. The first-order valence-corrected chi connectivity index (χ1v) is 4.35. The molecule has 0 saturated carbocycles. The Morgan fingerprint density at radius 1 is 1.57 bits per heavy atom. The second kappa shape index (κ2) is 4.48. The Bertz CT molecular complexity index is 334. The van der Waals surface area contributed by atoms with Crippen molar-refractivity contribution in [2.45, 2.75) is 6.92 Å². The molecule has 1 aromatic heterocycles. The van der Waals surface area contributed by atoms with Gasteiger partial charge in [-0.25, -0.2) is 5.01 Å². The highest BCUT2D eigenvalue weighted by Gasteiger charge is 2.11. The summed E-state index contributed by atoms with van der Waals surface area (Å²) in [6.07, 6.45) is 0. The molecule has 1 heterocycles. The zero-order chi connectivity index (χ0) is 10.6. The van der Waals surface area contributed by atoms with Crippen molar-refractivity contribution >= 4 is 11.6 Å². The highest BCUT2D eigenvalue weighted by molar-refractivity contribution is 5.64. The van der Waals surface area contributed by atoms with Crippen molar-refractivity contribution in [2.75, 3.05) is 31.4 Å². The molecule has 3 N–H and O–H groups in total. The van der Waals surface area contributed by atoms with Crippen molar-refractivity contribution in [3.8, 4) is 6.07 Å². The largest absolute Gasteiger partial charge is 0.368 e. The van der Waals surface area contributed by atoms with Crippen molar-refractivity contribution in [1.29, 1.82) is 5.26 Å². The van der Waals surface area contributed by atoms with Gasteiger partial charge in [-0.2, -0.15) is 10.4 Å². The lowest BCUT2D eigenvalue weighted by molar-refractivity contribution is 0.492. The normalized spacial score (nSPS) is 9.93. The number of aromatic amines is 1. The first-order chi connectivity index (χ1) is 6.69. The van der Waals surface area contributed by atoms with Gasteiger partial charge in [-0.15, -0.1) is 0 Å². The summed E-state index contributed by atoms with van der Waals surface area (Å²) < 4.78 is 0. The van der Waals surface area contributed by atoms with Crippen LogP contribution in [0.25, 0.3) is 0 Å². The second-order valence-electron chi connectivity index (χ2n) is 2.97. The van der Waals surface area contributed by atoms with Crippen LogP contribution in [0.2, 0.25) is 0 Å². The van der Waals surface area contributed by atoms with Gasteiger partial charge in [0.05, 0.1) is 0 Å².